The van der Waals surface area contributed by atoms with Crippen molar-refractivity contribution in [3.63, 3.8) is 0 Å². The molecule has 0 unspecified atom stereocenters. The number of aromatic nitrogens is 4. The molecule has 0 saturated carbocycles. The predicted octanol–water partition coefficient (Wildman–Crippen LogP) is 2.76. The molecule has 0 spiro atoms. The standard InChI is InChI=1S/C12H10Cl2N4O/c1-2-3-17-9-4-7(13)8(14)5-10(9)18-6-15-16-11(18)12(17)19/h4-6H,2-3H2,1H3. The first-order chi connectivity index (χ1) is 9.13. The lowest BCUT2D eigenvalue weighted by Crippen LogP contribution is -2.23. The van der Waals surface area contributed by atoms with Gasteiger partial charge in [0.25, 0.3) is 5.56 Å². The number of hydrogen-bond acceptors (Lipinski definition) is 3. The second-order valence-electron chi connectivity index (χ2n) is 4.24. The van der Waals surface area contributed by atoms with Gasteiger partial charge in [-0.15, -0.1) is 10.2 Å². The van der Waals surface area contributed by atoms with E-state index in [1.54, 1.807) is 21.1 Å². The summed E-state index contributed by atoms with van der Waals surface area (Å²) in [5.74, 6) is 0. The third-order valence-corrected chi connectivity index (χ3v) is 3.72. The van der Waals surface area contributed by atoms with Crippen LogP contribution in [0.1, 0.15) is 13.3 Å². The van der Waals surface area contributed by atoms with E-state index in [1.807, 2.05) is 6.92 Å². The maximum Gasteiger partial charge on any atom is 0.296 e. The molecule has 3 aromatic rings. The smallest absolute Gasteiger partial charge is 0.296 e. The molecule has 98 valence electrons. The highest BCUT2D eigenvalue weighted by atomic mass is 35.5. The fourth-order valence-corrected chi connectivity index (χ4v) is 2.48. The zero-order valence-corrected chi connectivity index (χ0v) is 11.6. The largest absolute Gasteiger partial charge is 0.304 e. The minimum absolute atomic E-state index is 0.176. The summed E-state index contributed by atoms with van der Waals surface area (Å²) in [5, 5.41) is 8.51. The van der Waals surface area contributed by atoms with E-state index in [0.717, 1.165) is 17.5 Å². The Bertz CT molecular complexity index is 837. The number of rotatable bonds is 2. The van der Waals surface area contributed by atoms with Crippen molar-refractivity contribution in [2.75, 3.05) is 0 Å². The van der Waals surface area contributed by atoms with Crippen molar-refractivity contribution in [3.05, 3.63) is 38.9 Å². The summed E-state index contributed by atoms with van der Waals surface area (Å²) in [5.41, 5.74) is 1.61. The molecular formula is C12H10Cl2N4O. The van der Waals surface area contributed by atoms with Gasteiger partial charge in [0.1, 0.15) is 6.33 Å². The van der Waals surface area contributed by atoms with E-state index in [9.17, 15) is 4.79 Å². The van der Waals surface area contributed by atoms with Crippen molar-refractivity contribution in [1.82, 2.24) is 19.2 Å². The minimum atomic E-state index is -0.176. The summed E-state index contributed by atoms with van der Waals surface area (Å²) in [4.78, 5) is 12.4. The molecule has 0 aliphatic carbocycles. The molecule has 0 bridgehead atoms. The van der Waals surface area contributed by atoms with Gasteiger partial charge in [-0.2, -0.15) is 0 Å². The van der Waals surface area contributed by atoms with Crippen LogP contribution in [0.3, 0.4) is 0 Å². The highest BCUT2D eigenvalue weighted by Gasteiger charge is 2.13. The molecule has 2 heterocycles. The molecule has 0 aliphatic rings. The van der Waals surface area contributed by atoms with Crippen LogP contribution >= 0.6 is 23.2 Å². The first kappa shape index (κ1) is 12.4. The van der Waals surface area contributed by atoms with Crippen molar-refractivity contribution in [2.24, 2.45) is 0 Å². The molecule has 0 fully saturated rings. The Balaban J connectivity index is 2.58. The zero-order chi connectivity index (χ0) is 13.6. The lowest BCUT2D eigenvalue weighted by atomic mass is 10.2. The molecule has 2 aromatic heterocycles. The second kappa shape index (κ2) is 4.51. The number of hydrogen-bond donors (Lipinski definition) is 0. The summed E-state index contributed by atoms with van der Waals surface area (Å²) >= 11 is 12.1. The number of benzene rings is 1. The molecule has 0 aliphatic heterocycles. The summed E-state index contributed by atoms with van der Waals surface area (Å²) < 4.78 is 3.29. The number of halogens is 2. The van der Waals surface area contributed by atoms with Gasteiger partial charge in [0, 0.05) is 6.54 Å². The van der Waals surface area contributed by atoms with E-state index in [1.165, 1.54) is 6.33 Å². The SMILES string of the molecule is CCCn1c(=O)c2nncn2c2cc(Cl)c(Cl)cc21. The van der Waals surface area contributed by atoms with Crippen molar-refractivity contribution in [1.29, 1.82) is 0 Å². The monoisotopic (exact) mass is 296 g/mol. The van der Waals surface area contributed by atoms with E-state index < -0.39 is 0 Å². The molecule has 0 saturated heterocycles. The van der Waals surface area contributed by atoms with Crippen LogP contribution in [0.5, 0.6) is 0 Å². The van der Waals surface area contributed by atoms with Crippen LogP contribution in [0, 0.1) is 0 Å². The molecule has 3 rings (SSSR count). The van der Waals surface area contributed by atoms with Gasteiger partial charge in [-0.25, -0.2) is 0 Å². The van der Waals surface area contributed by atoms with Gasteiger partial charge in [0.05, 0.1) is 21.1 Å². The molecule has 0 N–H and O–H groups in total. The lowest BCUT2D eigenvalue weighted by molar-refractivity contribution is 0.677. The van der Waals surface area contributed by atoms with Crippen LogP contribution in [0.2, 0.25) is 10.0 Å². The van der Waals surface area contributed by atoms with Gasteiger partial charge in [-0.3, -0.25) is 9.20 Å². The molecule has 1 aromatic carbocycles. The van der Waals surface area contributed by atoms with E-state index in [4.69, 9.17) is 23.2 Å². The fourth-order valence-electron chi connectivity index (χ4n) is 2.17. The van der Waals surface area contributed by atoms with Crippen molar-refractivity contribution in [2.45, 2.75) is 19.9 Å². The maximum atomic E-state index is 12.4. The quantitative estimate of drug-likeness (QED) is 0.731. The molecule has 5 nitrogen and oxygen atoms in total. The molecule has 0 atom stereocenters. The van der Waals surface area contributed by atoms with Crippen molar-refractivity contribution >= 4 is 39.9 Å². The number of fused-ring (bicyclic) bond motifs is 3. The van der Waals surface area contributed by atoms with Crippen LogP contribution in [0.15, 0.2) is 23.3 Å². The van der Waals surface area contributed by atoms with E-state index in [-0.39, 0.29) is 5.56 Å². The summed E-state index contributed by atoms with van der Waals surface area (Å²) in [6.07, 6.45) is 2.33. The summed E-state index contributed by atoms with van der Waals surface area (Å²) in [6, 6.07) is 3.43. The summed E-state index contributed by atoms with van der Waals surface area (Å²) in [7, 11) is 0. The Hall–Kier alpha value is -1.59. The van der Waals surface area contributed by atoms with Crippen LogP contribution < -0.4 is 5.56 Å². The number of aryl methyl sites for hydroxylation is 1. The van der Waals surface area contributed by atoms with Crippen molar-refractivity contribution in [3.8, 4) is 0 Å². The molecular weight excluding hydrogens is 287 g/mol. The average Bonchev–Trinajstić information content (AvgIpc) is 2.86. The Kier molecular flexibility index (Phi) is 2.95. The van der Waals surface area contributed by atoms with Gasteiger partial charge in [-0.1, -0.05) is 30.1 Å². The van der Waals surface area contributed by atoms with Crippen LogP contribution in [0.4, 0.5) is 0 Å². The fraction of sp³-hybridized carbons (Fsp3) is 0.250. The number of nitrogens with zero attached hydrogens (tertiary/aromatic N) is 4. The predicted molar refractivity (Wildman–Crippen MR) is 75.1 cm³/mol. The van der Waals surface area contributed by atoms with Crippen LogP contribution in [0.25, 0.3) is 16.7 Å². The molecule has 0 radical (unpaired) electrons. The van der Waals surface area contributed by atoms with Gasteiger partial charge in [0.15, 0.2) is 0 Å². The highest BCUT2D eigenvalue weighted by molar-refractivity contribution is 6.42. The van der Waals surface area contributed by atoms with E-state index in [0.29, 0.717) is 22.2 Å². The Morgan fingerprint density at radius 2 is 1.89 bits per heavy atom. The van der Waals surface area contributed by atoms with E-state index >= 15 is 0 Å². The first-order valence-electron chi connectivity index (χ1n) is 5.84. The van der Waals surface area contributed by atoms with Crippen LogP contribution in [-0.4, -0.2) is 19.2 Å². The van der Waals surface area contributed by atoms with Crippen LogP contribution in [-0.2, 0) is 6.54 Å². The summed E-state index contributed by atoms with van der Waals surface area (Å²) in [6.45, 7) is 2.60. The second-order valence-corrected chi connectivity index (χ2v) is 5.05. The third-order valence-electron chi connectivity index (χ3n) is 3.00. The minimum Gasteiger partial charge on any atom is -0.304 e. The molecule has 0 amide bonds. The van der Waals surface area contributed by atoms with Gasteiger partial charge >= 0.3 is 0 Å². The zero-order valence-electron chi connectivity index (χ0n) is 10.1. The van der Waals surface area contributed by atoms with Crippen molar-refractivity contribution < 1.29 is 0 Å². The Morgan fingerprint density at radius 3 is 2.58 bits per heavy atom. The molecule has 19 heavy (non-hydrogen) atoms. The van der Waals surface area contributed by atoms with E-state index in [2.05, 4.69) is 10.2 Å². The topological polar surface area (TPSA) is 52.2 Å². The third kappa shape index (κ3) is 1.81. The Labute approximate surface area is 118 Å². The van der Waals surface area contributed by atoms with Gasteiger partial charge in [-0.05, 0) is 18.6 Å². The highest BCUT2D eigenvalue weighted by Crippen LogP contribution is 2.27. The van der Waals surface area contributed by atoms with Gasteiger partial charge in [0.2, 0.25) is 5.65 Å². The normalized spacial score (nSPS) is 11.5. The lowest BCUT2D eigenvalue weighted by Gasteiger charge is -2.11. The van der Waals surface area contributed by atoms with Gasteiger partial charge < -0.3 is 4.57 Å². The Morgan fingerprint density at radius 1 is 1.21 bits per heavy atom. The maximum absolute atomic E-state index is 12.4. The first-order valence-corrected chi connectivity index (χ1v) is 6.60. The average molecular weight is 297 g/mol. The molecule has 7 heteroatoms.